The van der Waals surface area contributed by atoms with Crippen LogP contribution in [-0.4, -0.2) is 67.2 Å². The van der Waals surface area contributed by atoms with Crippen molar-refractivity contribution in [1.29, 1.82) is 0 Å². The van der Waals surface area contributed by atoms with Crippen LogP contribution in [0.1, 0.15) is 18.4 Å². The molecule has 1 aliphatic heterocycles. The predicted octanol–water partition coefficient (Wildman–Crippen LogP) is 4.63. The summed E-state index contributed by atoms with van der Waals surface area (Å²) in [5.74, 6) is 2.20. The van der Waals surface area contributed by atoms with Crippen molar-refractivity contribution in [1.82, 2.24) is 9.80 Å². The van der Waals surface area contributed by atoms with Crippen molar-refractivity contribution in [3.05, 3.63) is 72.9 Å². The van der Waals surface area contributed by atoms with E-state index in [1.807, 2.05) is 30.0 Å². The first-order valence-electron chi connectivity index (χ1n) is 10.4. The summed E-state index contributed by atoms with van der Waals surface area (Å²) in [7, 11) is 0. The Morgan fingerprint density at radius 1 is 1.11 bits per heavy atom. The number of thioether (sulfide) groups is 1. The van der Waals surface area contributed by atoms with Crippen molar-refractivity contribution in [2.45, 2.75) is 19.4 Å². The lowest BCUT2D eigenvalue weighted by molar-refractivity contribution is 0.0360. The summed E-state index contributed by atoms with van der Waals surface area (Å²) >= 11 is 1.98. The molecular formula is C24H36N2OS. The zero-order valence-corrected chi connectivity index (χ0v) is 18.0. The lowest BCUT2D eigenvalue weighted by atomic mass is 10.2. The molecule has 3 nitrogen and oxygen atoms in total. The fourth-order valence-corrected chi connectivity index (χ4v) is 4.29. The van der Waals surface area contributed by atoms with Crippen LogP contribution in [0.25, 0.3) is 0 Å². The van der Waals surface area contributed by atoms with E-state index >= 15 is 0 Å². The Morgan fingerprint density at radius 2 is 1.86 bits per heavy atom. The van der Waals surface area contributed by atoms with Gasteiger partial charge < -0.3 is 4.74 Å². The van der Waals surface area contributed by atoms with E-state index in [4.69, 9.17) is 4.74 Å². The van der Waals surface area contributed by atoms with Crippen LogP contribution >= 0.6 is 11.8 Å². The highest BCUT2D eigenvalue weighted by Gasteiger charge is 2.11. The Morgan fingerprint density at radius 3 is 2.57 bits per heavy atom. The highest BCUT2D eigenvalue weighted by molar-refractivity contribution is 7.99. The third kappa shape index (κ3) is 9.74. The lowest BCUT2D eigenvalue weighted by Gasteiger charge is -2.28. The van der Waals surface area contributed by atoms with Gasteiger partial charge in [0.15, 0.2) is 0 Å². The molecule has 0 aliphatic carbocycles. The van der Waals surface area contributed by atoms with E-state index in [1.165, 1.54) is 36.3 Å². The number of allylic oxidation sites excluding steroid dienone is 3. The molecule has 0 aromatic heterocycles. The number of rotatable bonds is 14. The predicted molar refractivity (Wildman–Crippen MR) is 124 cm³/mol. The molecule has 0 amide bonds. The summed E-state index contributed by atoms with van der Waals surface area (Å²) in [5.41, 5.74) is 2.66. The van der Waals surface area contributed by atoms with Gasteiger partial charge in [0.1, 0.15) is 0 Å². The van der Waals surface area contributed by atoms with Crippen LogP contribution in [0, 0.1) is 0 Å². The monoisotopic (exact) mass is 400 g/mol. The van der Waals surface area contributed by atoms with E-state index in [0.717, 1.165) is 51.7 Å². The molecule has 4 heteroatoms. The van der Waals surface area contributed by atoms with Crippen molar-refractivity contribution >= 4 is 11.8 Å². The molecule has 28 heavy (non-hydrogen) atoms. The molecule has 0 saturated carbocycles. The minimum absolute atomic E-state index is 0.887. The van der Waals surface area contributed by atoms with E-state index in [9.17, 15) is 0 Å². The van der Waals surface area contributed by atoms with E-state index in [1.54, 1.807) is 0 Å². The molecule has 0 N–H and O–H groups in total. The first-order chi connectivity index (χ1) is 13.8. The van der Waals surface area contributed by atoms with Gasteiger partial charge in [0.2, 0.25) is 0 Å². The molecule has 0 spiro atoms. The fraction of sp³-hybridized carbons (Fsp3) is 0.500. The van der Waals surface area contributed by atoms with Gasteiger partial charge in [-0.3, -0.25) is 9.80 Å². The third-order valence-corrected chi connectivity index (χ3v) is 6.04. The SMILES string of the molecule is C=C/C=C(\C=C)CSCCCN(CCCN1CCOCC1)Cc1ccccc1. The van der Waals surface area contributed by atoms with E-state index in [-0.39, 0.29) is 0 Å². The molecule has 1 aromatic carbocycles. The van der Waals surface area contributed by atoms with E-state index in [2.05, 4.69) is 53.3 Å². The zero-order valence-electron chi connectivity index (χ0n) is 17.2. The summed E-state index contributed by atoms with van der Waals surface area (Å²) < 4.78 is 5.45. The van der Waals surface area contributed by atoms with Crippen LogP contribution in [-0.2, 0) is 11.3 Å². The van der Waals surface area contributed by atoms with Gasteiger partial charge in [0.25, 0.3) is 0 Å². The Bertz CT molecular complexity index is 582. The average molecular weight is 401 g/mol. The number of nitrogens with zero attached hydrogens (tertiary/aromatic N) is 2. The number of benzene rings is 1. The molecule has 2 rings (SSSR count). The van der Waals surface area contributed by atoms with Gasteiger partial charge in [0, 0.05) is 25.4 Å². The van der Waals surface area contributed by atoms with Gasteiger partial charge in [-0.25, -0.2) is 0 Å². The maximum Gasteiger partial charge on any atom is 0.0594 e. The van der Waals surface area contributed by atoms with Gasteiger partial charge in [0.05, 0.1) is 13.2 Å². The standard InChI is InChI=1S/C24H36N2OS/c1-3-10-23(4-2)22-28-20-9-15-26(21-24-11-6-5-7-12-24)14-8-13-25-16-18-27-19-17-25/h3-7,10-12H,1-2,8-9,13-22H2/b23-10+. The fourth-order valence-electron chi connectivity index (χ4n) is 3.36. The maximum atomic E-state index is 5.45. The van der Waals surface area contributed by atoms with Crippen molar-refractivity contribution in [2.24, 2.45) is 0 Å². The van der Waals surface area contributed by atoms with Crippen LogP contribution in [0.15, 0.2) is 67.3 Å². The van der Waals surface area contributed by atoms with Crippen LogP contribution in [0.3, 0.4) is 0 Å². The summed E-state index contributed by atoms with van der Waals surface area (Å²) in [6.45, 7) is 16.1. The van der Waals surface area contributed by atoms with Crippen molar-refractivity contribution in [3.8, 4) is 0 Å². The molecule has 0 unspecified atom stereocenters. The minimum Gasteiger partial charge on any atom is -0.379 e. The second-order valence-corrected chi connectivity index (χ2v) is 8.26. The van der Waals surface area contributed by atoms with Crippen LogP contribution < -0.4 is 0 Å². The zero-order chi connectivity index (χ0) is 19.9. The van der Waals surface area contributed by atoms with Gasteiger partial charge in [-0.05, 0) is 49.4 Å². The molecule has 1 aromatic rings. The van der Waals surface area contributed by atoms with Gasteiger partial charge in [-0.15, -0.1) is 0 Å². The highest BCUT2D eigenvalue weighted by atomic mass is 32.2. The molecule has 154 valence electrons. The van der Waals surface area contributed by atoms with Crippen LogP contribution in [0.2, 0.25) is 0 Å². The Kier molecular flexibility index (Phi) is 12.0. The summed E-state index contributed by atoms with van der Waals surface area (Å²) in [4.78, 5) is 5.15. The van der Waals surface area contributed by atoms with Crippen molar-refractivity contribution in [2.75, 3.05) is 57.4 Å². The molecule has 0 radical (unpaired) electrons. The Balaban J connectivity index is 1.72. The summed E-state index contributed by atoms with van der Waals surface area (Å²) in [6.07, 6.45) is 8.26. The topological polar surface area (TPSA) is 15.7 Å². The normalized spacial score (nSPS) is 15.7. The molecule has 1 fully saturated rings. The average Bonchev–Trinajstić information content (AvgIpc) is 2.74. The second kappa shape index (κ2) is 14.6. The number of ether oxygens (including phenoxy) is 1. The summed E-state index contributed by atoms with van der Waals surface area (Å²) in [5, 5.41) is 0. The van der Waals surface area contributed by atoms with Crippen molar-refractivity contribution in [3.63, 3.8) is 0 Å². The van der Waals surface area contributed by atoms with Crippen molar-refractivity contribution < 1.29 is 4.74 Å². The quantitative estimate of drug-likeness (QED) is 0.334. The largest absolute Gasteiger partial charge is 0.379 e. The van der Waals surface area contributed by atoms with E-state index in [0.29, 0.717) is 0 Å². The van der Waals surface area contributed by atoms with Gasteiger partial charge in [-0.1, -0.05) is 61.7 Å². The lowest BCUT2D eigenvalue weighted by Crippen LogP contribution is -2.38. The first-order valence-corrected chi connectivity index (χ1v) is 11.6. The third-order valence-electron chi connectivity index (χ3n) is 4.93. The maximum absolute atomic E-state index is 5.45. The number of hydrogen-bond acceptors (Lipinski definition) is 4. The Labute approximate surface area is 176 Å². The van der Waals surface area contributed by atoms with Crippen LogP contribution in [0.4, 0.5) is 0 Å². The Hall–Kier alpha value is -1.33. The van der Waals surface area contributed by atoms with Crippen LogP contribution in [0.5, 0.6) is 0 Å². The van der Waals surface area contributed by atoms with Gasteiger partial charge >= 0.3 is 0 Å². The summed E-state index contributed by atoms with van der Waals surface area (Å²) in [6, 6.07) is 10.8. The molecule has 0 atom stereocenters. The number of morpholine rings is 1. The smallest absolute Gasteiger partial charge is 0.0594 e. The molecule has 1 heterocycles. The molecule has 0 bridgehead atoms. The second-order valence-electron chi connectivity index (χ2n) is 7.16. The molecule has 1 saturated heterocycles. The first kappa shape index (κ1) is 23.0. The van der Waals surface area contributed by atoms with E-state index < -0.39 is 0 Å². The molecular weight excluding hydrogens is 364 g/mol. The number of hydrogen-bond donors (Lipinski definition) is 0. The minimum atomic E-state index is 0.887. The highest BCUT2D eigenvalue weighted by Crippen LogP contribution is 2.12. The van der Waals surface area contributed by atoms with Gasteiger partial charge in [-0.2, -0.15) is 11.8 Å². The molecule has 1 aliphatic rings.